The molecule has 2 rings (SSSR count). The molecule has 102 valence electrons. The Morgan fingerprint density at radius 1 is 1.39 bits per heavy atom. The topological polar surface area (TPSA) is 53.6 Å². The van der Waals surface area contributed by atoms with Crippen LogP contribution < -0.4 is 10.6 Å². The third-order valence-corrected chi connectivity index (χ3v) is 3.24. The Kier molecular flexibility index (Phi) is 3.68. The lowest BCUT2D eigenvalue weighted by molar-refractivity contribution is 0.0193. The van der Waals surface area contributed by atoms with Gasteiger partial charge in [0.1, 0.15) is 5.60 Å². The summed E-state index contributed by atoms with van der Waals surface area (Å²) in [4.78, 5) is 13.7. The molecule has 0 atom stereocenters. The molecule has 0 aromatic heterocycles. The molecular formula is C13H23N3O2. The molecule has 2 aliphatic rings. The third-order valence-electron chi connectivity index (χ3n) is 3.24. The zero-order chi connectivity index (χ0) is 13.2. The predicted molar refractivity (Wildman–Crippen MR) is 69.8 cm³/mol. The number of piperidine rings is 1. The fourth-order valence-corrected chi connectivity index (χ4v) is 2.33. The van der Waals surface area contributed by atoms with Gasteiger partial charge in [-0.15, -0.1) is 0 Å². The Balaban J connectivity index is 1.81. The van der Waals surface area contributed by atoms with Crippen LogP contribution in [0.2, 0.25) is 0 Å². The number of carbonyl (C=O) groups excluding carboxylic acids is 1. The number of nitrogens with one attached hydrogen (secondary N) is 2. The quantitative estimate of drug-likeness (QED) is 0.745. The summed E-state index contributed by atoms with van der Waals surface area (Å²) in [6.07, 6.45) is 3.86. The fourth-order valence-electron chi connectivity index (χ4n) is 2.33. The number of allylic oxidation sites excluding steroid dienone is 1. The van der Waals surface area contributed by atoms with Crippen LogP contribution in [-0.2, 0) is 4.74 Å². The SMILES string of the molecule is CC(C)(C)OC(=O)N1CCC(C2=CNCN2)CC1. The van der Waals surface area contributed by atoms with Gasteiger partial charge in [-0.25, -0.2) is 4.79 Å². The molecule has 0 aromatic rings. The molecular weight excluding hydrogens is 230 g/mol. The van der Waals surface area contributed by atoms with E-state index in [1.165, 1.54) is 5.70 Å². The van der Waals surface area contributed by atoms with E-state index < -0.39 is 5.60 Å². The van der Waals surface area contributed by atoms with Crippen LogP contribution in [0.15, 0.2) is 11.9 Å². The molecule has 2 aliphatic heterocycles. The van der Waals surface area contributed by atoms with Crippen molar-refractivity contribution in [2.45, 2.75) is 39.2 Å². The van der Waals surface area contributed by atoms with Gasteiger partial charge < -0.3 is 20.3 Å². The van der Waals surface area contributed by atoms with E-state index >= 15 is 0 Å². The Morgan fingerprint density at radius 3 is 2.56 bits per heavy atom. The van der Waals surface area contributed by atoms with Crippen LogP contribution in [0.4, 0.5) is 4.79 Å². The molecule has 0 spiro atoms. The number of carbonyl (C=O) groups is 1. The van der Waals surface area contributed by atoms with Crippen molar-refractivity contribution < 1.29 is 9.53 Å². The second-order valence-corrected chi connectivity index (χ2v) is 5.90. The Morgan fingerprint density at radius 2 is 2.06 bits per heavy atom. The van der Waals surface area contributed by atoms with Gasteiger partial charge in [0.2, 0.25) is 0 Å². The minimum atomic E-state index is -0.409. The van der Waals surface area contributed by atoms with E-state index in [0.717, 1.165) is 32.6 Å². The zero-order valence-electron chi connectivity index (χ0n) is 11.5. The normalized spacial score (nSPS) is 21.1. The number of amides is 1. The molecule has 0 aliphatic carbocycles. The largest absolute Gasteiger partial charge is 0.444 e. The summed E-state index contributed by atoms with van der Waals surface area (Å²) in [5, 5.41) is 6.48. The van der Waals surface area contributed by atoms with Gasteiger partial charge in [0.25, 0.3) is 0 Å². The molecule has 0 radical (unpaired) electrons. The van der Waals surface area contributed by atoms with E-state index in [2.05, 4.69) is 10.6 Å². The molecule has 2 N–H and O–H groups in total. The van der Waals surface area contributed by atoms with Crippen LogP contribution in [0.1, 0.15) is 33.6 Å². The molecule has 5 nitrogen and oxygen atoms in total. The number of hydrogen-bond donors (Lipinski definition) is 2. The van der Waals surface area contributed by atoms with E-state index in [4.69, 9.17) is 4.74 Å². The van der Waals surface area contributed by atoms with Gasteiger partial charge in [0.15, 0.2) is 0 Å². The van der Waals surface area contributed by atoms with Crippen molar-refractivity contribution in [2.75, 3.05) is 19.8 Å². The second-order valence-electron chi connectivity index (χ2n) is 5.90. The molecule has 0 bridgehead atoms. The summed E-state index contributed by atoms with van der Waals surface area (Å²) in [5.41, 5.74) is 0.867. The van der Waals surface area contributed by atoms with Gasteiger partial charge in [-0.05, 0) is 33.6 Å². The van der Waals surface area contributed by atoms with Gasteiger partial charge >= 0.3 is 6.09 Å². The van der Waals surface area contributed by atoms with Crippen LogP contribution in [0.25, 0.3) is 0 Å². The molecule has 1 amide bonds. The maximum absolute atomic E-state index is 11.9. The highest BCUT2D eigenvalue weighted by Crippen LogP contribution is 2.24. The summed E-state index contributed by atoms with van der Waals surface area (Å²) in [6.45, 7) is 8.07. The van der Waals surface area contributed by atoms with Gasteiger partial charge in [0.05, 0.1) is 6.67 Å². The van der Waals surface area contributed by atoms with Crippen LogP contribution in [0.3, 0.4) is 0 Å². The lowest BCUT2D eigenvalue weighted by Crippen LogP contribution is -2.42. The lowest BCUT2D eigenvalue weighted by atomic mass is 9.94. The average Bonchev–Trinajstić information content (AvgIpc) is 2.80. The van der Waals surface area contributed by atoms with Crippen LogP contribution in [0.5, 0.6) is 0 Å². The first kappa shape index (κ1) is 13.1. The van der Waals surface area contributed by atoms with Crippen LogP contribution in [-0.4, -0.2) is 36.4 Å². The fraction of sp³-hybridized carbons (Fsp3) is 0.769. The van der Waals surface area contributed by atoms with Gasteiger partial charge in [-0.3, -0.25) is 0 Å². The van der Waals surface area contributed by atoms with E-state index in [1.54, 1.807) is 0 Å². The molecule has 2 heterocycles. The van der Waals surface area contributed by atoms with Crippen molar-refractivity contribution >= 4 is 6.09 Å². The Labute approximate surface area is 109 Å². The molecule has 18 heavy (non-hydrogen) atoms. The van der Waals surface area contributed by atoms with Crippen molar-refractivity contribution in [1.29, 1.82) is 0 Å². The molecule has 1 fully saturated rings. The summed E-state index contributed by atoms with van der Waals surface area (Å²) in [7, 11) is 0. The first-order valence-electron chi connectivity index (χ1n) is 6.61. The molecule has 0 aromatic carbocycles. The minimum Gasteiger partial charge on any atom is -0.444 e. The van der Waals surface area contributed by atoms with E-state index in [0.29, 0.717) is 5.92 Å². The van der Waals surface area contributed by atoms with E-state index in [-0.39, 0.29) is 6.09 Å². The Hall–Kier alpha value is -1.39. The smallest absolute Gasteiger partial charge is 0.410 e. The average molecular weight is 253 g/mol. The number of rotatable bonds is 1. The predicted octanol–water partition coefficient (Wildman–Crippen LogP) is 1.63. The third kappa shape index (κ3) is 3.31. The van der Waals surface area contributed by atoms with Crippen molar-refractivity contribution in [3.8, 4) is 0 Å². The highest BCUT2D eigenvalue weighted by molar-refractivity contribution is 5.68. The summed E-state index contributed by atoms with van der Waals surface area (Å²) < 4.78 is 5.38. The zero-order valence-corrected chi connectivity index (χ0v) is 11.5. The highest BCUT2D eigenvalue weighted by atomic mass is 16.6. The first-order valence-corrected chi connectivity index (χ1v) is 6.61. The monoisotopic (exact) mass is 253 g/mol. The minimum absolute atomic E-state index is 0.188. The standard InChI is InChI=1S/C13H23N3O2/c1-13(2,3)18-12(17)16-6-4-10(5-7-16)11-8-14-9-15-11/h8,10,14-15H,4-7,9H2,1-3H3. The van der Waals surface area contributed by atoms with Crippen molar-refractivity contribution in [1.82, 2.24) is 15.5 Å². The van der Waals surface area contributed by atoms with Crippen molar-refractivity contribution in [3.05, 3.63) is 11.9 Å². The summed E-state index contributed by atoms with van der Waals surface area (Å²) in [5.74, 6) is 0.540. The first-order chi connectivity index (χ1) is 8.46. The van der Waals surface area contributed by atoms with E-state index in [1.807, 2.05) is 31.9 Å². The molecule has 5 heteroatoms. The van der Waals surface area contributed by atoms with Crippen molar-refractivity contribution in [2.24, 2.45) is 5.92 Å². The molecule has 0 unspecified atom stereocenters. The highest BCUT2D eigenvalue weighted by Gasteiger charge is 2.28. The van der Waals surface area contributed by atoms with Gasteiger partial charge in [-0.1, -0.05) is 0 Å². The molecule has 0 saturated carbocycles. The number of ether oxygens (including phenoxy) is 1. The summed E-state index contributed by atoms with van der Waals surface area (Å²) in [6, 6.07) is 0. The molecule has 1 saturated heterocycles. The van der Waals surface area contributed by atoms with Gasteiger partial charge in [-0.2, -0.15) is 0 Å². The summed E-state index contributed by atoms with van der Waals surface area (Å²) >= 11 is 0. The van der Waals surface area contributed by atoms with E-state index in [9.17, 15) is 4.79 Å². The number of nitrogens with zero attached hydrogens (tertiary/aromatic N) is 1. The maximum Gasteiger partial charge on any atom is 0.410 e. The maximum atomic E-state index is 11.9. The van der Waals surface area contributed by atoms with Crippen LogP contribution >= 0.6 is 0 Å². The van der Waals surface area contributed by atoms with Gasteiger partial charge in [0, 0.05) is 30.9 Å². The number of hydrogen-bond acceptors (Lipinski definition) is 4. The Bertz CT molecular complexity index is 339. The second kappa shape index (κ2) is 5.08. The number of likely N-dealkylation sites (tertiary alicyclic amines) is 1. The lowest BCUT2D eigenvalue weighted by Gasteiger charge is -2.33. The van der Waals surface area contributed by atoms with Crippen molar-refractivity contribution in [3.63, 3.8) is 0 Å². The van der Waals surface area contributed by atoms with Crippen LogP contribution in [0, 0.1) is 5.92 Å².